The molecule has 2 rings (SSSR count). The number of hydrogen-bond donors (Lipinski definition) is 1. The van der Waals surface area contributed by atoms with Crippen molar-refractivity contribution in [1.29, 1.82) is 0 Å². The van der Waals surface area contributed by atoms with Gasteiger partial charge in [-0.15, -0.1) is 0 Å². The molecule has 0 fully saturated rings. The molecule has 1 aromatic carbocycles. The summed E-state index contributed by atoms with van der Waals surface area (Å²) in [5.41, 5.74) is 1.58. The number of anilines is 1. The minimum atomic E-state index is -0.483. The standard InChI is InChI=1S/C15H15N3O3/c1-3-21-15(20)11-6-4-5-7-12(11)18-14(19)13-9-16-10(2)8-17-13/h4-9H,3H2,1-2H3,(H,18,19). The number of nitrogens with one attached hydrogen (secondary N) is 1. The Morgan fingerprint density at radius 2 is 1.95 bits per heavy atom. The number of carbonyl (C=O) groups is 2. The molecule has 108 valence electrons. The molecule has 0 aliphatic rings. The quantitative estimate of drug-likeness (QED) is 0.871. The lowest BCUT2D eigenvalue weighted by atomic mass is 10.1. The fraction of sp³-hybridized carbons (Fsp3) is 0.200. The Morgan fingerprint density at radius 3 is 2.62 bits per heavy atom. The fourth-order valence-electron chi connectivity index (χ4n) is 1.68. The van der Waals surface area contributed by atoms with Gasteiger partial charge in [0.15, 0.2) is 0 Å². The summed E-state index contributed by atoms with van der Waals surface area (Å²) in [7, 11) is 0. The number of rotatable bonds is 4. The van der Waals surface area contributed by atoms with Crippen LogP contribution in [-0.4, -0.2) is 28.5 Å². The predicted octanol–water partition coefficient (Wildman–Crippen LogP) is 2.21. The van der Waals surface area contributed by atoms with Crippen molar-refractivity contribution in [3.8, 4) is 0 Å². The number of para-hydroxylation sites is 1. The van der Waals surface area contributed by atoms with Crippen LogP contribution < -0.4 is 5.32 Å². The molecule has 0 radical (unpaired) electrons. The van der Waals surface area contributed by atoms with E-state index in [4.69, 9.17) is 4.74 Å². The van der Waals surface area contributed by atoms with E-state index in [1.807, 2.05) is 0 Å². The monoisotopic (exact) mass is 285 g/mol. The topological polar surface area (TPSA) is 81.2 Å². The maximum Gasteiger partial charge on any atom is 0.340 e. The summed E-state index contributed by atoms with van der Waals surface area (Å²) in [5.74, 6) is -0.914. The van der Waals surface area contributed by atoms with E-state index in [-0.39, 0.29) is 12.3 Å². The molecule has 0 aliphatic carbocycles. The SMILES string of the molecule is CCOC(=O)c1ccccc1NC(=O)c1cnc(C)cn1. The highest BCUT2D eigenvalue weighted by atomic mass is 16.5. The van der Waals surface area contributed by atoms with Crippen LogP contribution in [0, 0.1) is 6.92 Å². The fourth-order valence-corrected chi connectivity index (χ4v) is 1.68. The lowest BCUT2D eigenvalue weighted by Gasteiger charge is -2.09. The molecule has 0 saturated heterocycles. The second kappa shape index (κ2) is 6.60. The Morgan fingerprint density at radius 1 is 1.19 bits per heavy atom. The first-order valence-electron chi connectivity index (χ1n) is 6.48. The van der Waals surface area contributed by atoms with Crippen molar-refractivity contribution in [2.75, 3.05) is 11.9 Å². The molecular weight excluding hydrogens is 270 g/mol. The van der Waals surface area contributed by atoms with Crippen molar-refractivity contribution < 1.29 is 14.3 Å². The average Bonchev–Trinajstić information content (AvgIpc) is 2.48. The number of aryl methyl sites for hydroxylation is 1. The van der Waals surface area contributed by atoms with Crippen molar-refractivity contribution in [3.63, 3.8) is 0 Å². The van der Waals surface area contributed by atoms with Gasteiger partial charge in [0.2, 0.25) is 0 Å². The van der Waals surface area contributed by atoms with Crippen LogP contribution in [0.15, 0.2) is 36.7 Å². The van der Waals surface area contributed by atoms with E-state index in [0.29, 0.717) is 11.3 Å². The van der Waals surface area contributed by atoms with Crippen molar-refractivity contribution in [2.45, 2.75) is 13.8 Å². The smallest absolute Gasteiger partial charge is 0.340 e. The van der Waals surface area contributed by atoms with Gasteiger partial charge < -0.3 is 10.1 Å². The summed E-state index contributed by atoms with van der Waals surface area (Å²) >= 11 is 0. The highest BCUT2D eigenvalue weighted by Gasteiger charge is 2.15. The van der Waals surface area contributed by atoms with E-state index in [1.54, 1.807) is 38.1 Å². The summed E-state index contributed by atoms with van der Waals surface area (Å²) in [6.45, 7) is 3.77. The molecule has 0 aliphatic heterocycles. The second-order valence-corrected chi connectivity index (χ2v) is 4.26. The van der Waals surface area contributed by atoms with Gasteiger partial charge >= 0.3 is 5.97 Å². The normalized spacial score (nSPS) is 10.0. The Kier molecular flexibility index (Phi) is 4.61. The summed E-state index contributed by atoms with van der Waals surface area (Å²) in [6, 6.07) is 6.65. The summed E-state index contributed by atoms with van der Waals surface area (Å²) in [4.78, 5) is 31.9. The molecule has 0 unspecified atom stereocenters. The van der Waals surface area contributed by atoms with Crippen LogP contribution in [0.3, 0.4) is 0 Å². The van der Waals surface area contributed by atoms with Crippen LogP contribution in [0.4, 0.5) is 5.69 Å². The summed E-state index contributed by atoms with van der Waals surface area (Å²) < 4.78 is 4.95. The van der Waals surface area contributed by atoms with Gasteiger partial charge in [0.05, 0.1) is 29.7 Å². The Labute approximate surface area is 122 Å². The summed E-state index contributed by atoms with van der Waals surface area (Å²) in [5, 5.41) is 2.64. The molecule has 6 heteroatoms. The number of aromatic nitrogens is 2. The first-order valence-corrected chi connectivity index (χ1v) is 6.48. The zero-order chi connectivity index (χ0) is 15.2. The van der Waals surface area contributed by atoms with Gasteiger partial charge in [-0.05, 0) is 26.0 Å². The van der Waals surface area contributed by atoms with Crippen molar-refractivity contribution >= 4 is 17.6 Å². The van der Waals surface area contributed by atoms with E-state index in [1.165, 1.54) is 12.4 Å². The number of esters is 1. The third-order valence-electron chi connectivity index (χ3n) is 2.68. The first-order chi connectivity index (χ1) is 10.1. The average molecular weight is 285 g/mol. The van der Waals surface area contributed by atoms with Crippen LogP contribution in [-0.2, 0) is 4.74 Å². The van der Waals surface area contributed by atoms with Gasteiger partial charge in [-0.3, -0.25) is 9.78 Å². The van der Waals surface area contributed by atoms with Gasteiger partial charge in [0.1, 0.15) is 5.69 Å². The minimum Gasteiger partial charge on any atom is -0.462 e. The molecule has 1 N–H and O–H groups in total. The summed E-state index contributed by atoms with van der Waals surface area (Å²) in [6.07, 6.45) is 2.89. The molecule has 0 spiro atoms. The predicted molar refractivity (Wildman–Crippen MR) is 77.1 cm³/mol. The Balaban J connectivity index is 2.21. The number of hydrogen-bond acceptors (Lipinski definition) is 5. The maximum atomic E-state index is 12.1. The van der Waals surface area contributed by atoms with Crippen LogP contribution in [0.2, 0.25) is 0 Å². The van der Waals surface area contributed by atoms with Gasteiger partial charge in [-0.25, -0.2) is 9.78 Å². The van der Waals surface area contributed by atoms with Crippen molar-refractivity contribution in [2.24, 2.45) is 0 Å². The number of ether oxygens (including phenoxy) is 1. The highest BCUT2D eigenvalue weighted by Crippen LogP contribution is 2.17. The van der Waals surface area contributed by atoms with Crippen LogP contribution >= 0.6 is 0 Å². The van der Waals surface area contributed by atoms with Crippen molar-refractivity contribution in [1.82, 2.24) is 9.97 Å². The zero-order valence-electron chi connectivity index (χ0n) is 11.8. The molecule has 1 aromatic heterocycles. The largest absolute Gasteiger partial charge is 0.462 e. The Hall–Kier alpha value is -2.76. The molecule has 21 heavy (non-hydrogen) atoms. The van der Waals surface area contributed by atoms with Gasteiger partial charge in [-0.1, -0.05) is 12.1 Å². The van der Waals surface area contributed by atoms with Crippen molar-refractivity contribution in [3.05, 3.63) is 53.6 Å². The molecule has 0 bridgehead atoms. The molecule has 0 atom stereocenters. The molecule has 2 aromatic rings. The number of amides is 1. The number of benzene rings is 1. The molecule has 6 nitrogen and oxygen atoms in total. The minimum absolute atomic E-state index is 0.180. The van der Waals surface area contributed by atoms with Gasteiger partial charge in [-0.2, -0.15) is 0 Å². The van der Waals surface area contributed by atoms with Gasteiger partial charge in [0, 0.05) is 6.20 Å². The Bertz CT molecular complexity index is 653. The van der Waals surface area contributed by atoms with Crippen LogP contribution in [0.1, 0.15) is 33.5 Å². The van der Waals surface area contributed by atoms with E-state index < -0.39 is 11.9 Å². The van der Waals surface area contributed by atoms with Crippen LogP contribution in [0.5, 0.6) is 0 Å². The molecule has 1 amide bonds. The number of carbonyl (C=O) groups excluding carboxylic acids is 2. The lowest BCUT2D eigenvalue weighted by molar-refractivity contribution is 0.0527. The number of nitrogens with zero attached hydrogens (tertiary/aromatic N) is 2. The van der Waals surface area contributed by atoms with E-state index in [9.17, 15) is 9.59 Å². The third-order valence-corrected chi connectivity index (χ3v) is 2.68. The second-order valence-electron chi connectivity index (χ2n) is 4.26. The zero-order valence-corrected chi connectivity index (χ0v) is 11.8. The lowest BCUT2D eigenvalue weighted by Crippen LogP contribution is -2.17. The van der Waals surface area contributed by atoms with E-state index in [2.05, 4.69) is 15.3 Å². The van der Waals surface area contributed by atoms with Gasteiger partial charge in [0.25, 0.3) is 5.91 Å². The maximum absolute atomic E-state index is 12.1. The van der Waals surface area contributed by atoms with Crippen LogP contribution in [0.25, 0.3) is 0 Å². The molecule has 1 heterocycles. The highest BCUT2D eigenvalue weighted by molar-refractivity contribution is 6.06. The molecular formula is C15H15N3O3. The molecule has 0 saturated carbocycles. The first kappa shape index (κ1) is 14.6. The third kappa shape index (κ3) is 3.62. The van der Waals surface area contributed by atoms with E-state index in [0.717, 1.165) is 5.69 Å². The van der Waals surface area contributed by atoms with E-state index >= 15 is 0 Å².